The van der Waals surface area contributed by atoms with Gasteiger partial charge in [-0.3, -0.25) is 0 Å². The van der Waals surface area contributed by atoms with Gasteiger partial charge in [-0.05, 0) is 38.8 Å². The van der Waals surface area contributed by atoms with Crippen molar-refractivity contribution in [3.05, 3.63) is 52.6 Å². The van der Waals surface area contributed by atoms with Crippen LogP contribution < -0.4 is 10.1 Å². The molecule has 1 atom stereocenters. The van der Waals surface area contributed by atoms with Gasteiger partial charge in [-0.25, -0.2) is 4.79 Å². The maximum Gasteiger partial charge on any atom is 0.407 e. The van der Waals surface area contributed by atoms with Gasteiger partial charge in [-0.1, -0.05) is 44.2 Å². The fourth-order valence-corrected chi connectivity index (χ4v) is 2.86. The van der Waals surface area contributed by atoms with E-state index in [1.807, 2.05) is 51.1 Å². The van der Waals surface area contributed by atoms with Crippen LogP contribution in [-0.2, 0) is 4.74 Å². The van der Waals surface area contributed by atoms with Crippen molar-refractivity contribution in [2.45, 2.75) is 54.1 Å². The van der Waals surface area contributed by atoms with E-state index < -0.39 is 6.09 Å². The largest absolute Gasteiger partial charge is 0.504 e. The van der Waals surface area contributed by atoms with E-state index in [0.717, 1.165) is 11.1 Å². The Kier molecular flexibility index (Phi) is 9.86. The number of benzene rings is 2. The molecular formula is C23H33NO5. The van der Waals surface area contributed by atoms with Gasteiger partial charge < -0.3 is 25.0 Å². The van der Waals surface area contributed by atoms with Crippen LogP contribution >= 0.6 is 0 Å². The quantitative estimate of drug-likeness (QED) is 0.546. The third-order valence-corrected chi connectivity index (χ3v) is 4.56. The standard InChI is InChI=1S/C21H27NO5.C2H6/c1-5-26-21(25)22-12-11-17(16-9-7-6-8-10-16)27-20-14(3)13(2)18(23)19(24)15(20)4;1-2/h6-10,17,23-24H,5,11-12H2,1-4H3,(H,22,25);1-2H3. The molecule has 6 nitrogen and oxygen atoms in total. The molecule has 29 heavy (non-hydrogen) atoms. The van der Waals surface area contributed by atoms with E-state index in [2.05, 4.69) is 5.32 Å². The number of carbonyl (C=O) groups is 1. The monoisotopic (exact) mass is 403 g/mol. The molecule has 1 unspecified atom stereocenters. The lowest BCUT2D eigenvalue weighted by Crippen LogP contribution is -2.27. The number of amides is 1. The molecule has 0 fully saturated rings. The van der Waals surface area contributed by atoms with E-state index in [4.69, 9.17) is 9.47 Å². The van der Waals surface area contributed by atoms with E-state index in [-0.39, 0.29) is 17.6 Å². The van der Waals surface area contributed by atoms with Crippen molar-refractivity contribution in [1.29, 1.82) is 0 Å². The van der Waals surface area contributed by atoms with Crippen LogP contribution in [0.1, 0.15) is 55.5 Å². The highest BCUT2D eigenvalue weighted by Gasteiger charge is 2.21. The summed E-state index contributed by atoms with van der Waals surface area (Å²) in [6.45, 7) is 11.7. The van der Waals surface area contributed by atoms with E-state index in [1.54, 1.807) is 20.8 Å². The maximum atomic E-state index is 11.5. The van der Waals surface area contributed by atoms with Crippen LogP contribution in [0.25, 0.3) is 0 Å². The summed E-state index contributed by atoms with van der Waals surface area (Å²) in [4.78, 5) is 11.5. The van der Waals surface area contributed by atoms with Crippen molar-refractivity contribution >= 4 is 6.09 Å². The third kappa shape index (κ3) is 6.31. The predicted octanol–water partition coefficient (Wildman–Crippen LogP) is 5.31. The molecule has 0 bridgehead atoms. The van der Waals surface area contributed by atoms with E-state index >= 15 is 0 Å². The van der Waals surface area contributed by atoms with E-state index in [9.17, 15) is 15.0 Å². The van der Waals surface area contributed by atoms with E-state index in [0.29, 0.717) is 36.4 Å². The summed E-state index contributed by atoms with van der Waals surface area (Å²) in [5.74, 6) is 0.231. The highest BCUT2D eigenvalue weighted by molar-refractivity contribution is 5.67. The van der Waals surface area contributed by atoms with Crippen molar-refractivity contribution in [3.63, 3.8) is 0 Å². The zero-order chi connectivity index (χ0) is 22.0. The molecule has 0 aromatic heterocycles. The lowest BCUT2D eigenvalue weighted by molar-refractivity contribution is 0.147. The second kappa shape index (κ2) is 11.8. The van der Waals surface area contributed by atoms with Crippen LogP contribution in [0.15, 0.2) is 30.3 Å². The zero-order valence-corrected chi connectivity index (χ0v) is 18.2. The Labute approximate surface area is 173 Å². The SMILES string of the molecule is CC.CCOC(=O)NCCC(Oc1c(C)c(C)c(O)c(O)c1C)c1ccccc1. The fourth-order valence-electron chi connectivity index (χ4n) is 2.86. The lowest BCUT2D eigenvalue weighted by atomic mass is 10.0. The van der Waals surface area contributed by atoms with Gasteiger partial charge in [0.25, 0.3) is 0 Å². The summed E-state index contributed by atoms with van der Waals surface area (Å²) >= 11 is 0. The van der Waals surface area contributed by atoms with Crippen LogP contribution in [0.2, 0.25) is 0 Å². The molecule has 0 aliphatic carbocycles. The van der Waals surface area contributed by atoms with Crippen molar-refractivity contribution < 1.29 is 24.5 Å². The molecule has 3 N–H and O–H groups in total. The molecule has 0 radical (unpaired) electrons. The number of phenolic OH excluding ortho intramolecular Hbond substituents is 2. The summed E-state index contributed by atoms with van der Waals surface area (Å²) in [5, 5.41) is 22.9. The minimum atomic E-state index is -0.463. The molecule has 6 heteroatoms. The summed E-state index contributed by atoms with van der Waals surface area (Å²) in [6, 6.07) is 9.66. The minimum absolute atomic E-state index is 0.127. The van der Waals surface area contributed by atoms with Crippen LogP contribution in [0.5, 0.6) is 17.2 Å². The Balaban J connectivity index is 0.00000204. The summed E-state index contributed by atoms with van der Waals surface area (Å²) in [7, 11) is 0. The Morgan fingerprint density at radius 1 is 1.00 bits per heavy atom. The first kappa shape index (κ1) is 24.1. The number of hydrogen-bond donors (Lipinski definition) is 3. The average molecular weight is 404 g/mol. The van der Waals surface area contributed by atoms with Crippen molar-refractivity contribution in [1.82, 2.24) is 5.32 Å². The first-order valence-electron chi connectivity index (χ1n) is 10.0. The van der Waals surface area contributed by atoms with Crippen molar-refractivity contribution in [2.75, 3.05) is 13.2 Å². The fraction of sp³-hybridized carbons (Fsp3) is 0.435. The average Bonchev–Trinajstić information content (AvgIpc) is 2.75. The molecule has 2 rings (SSSR count). The maximum absolute atomic E-state index is 11.5. The van der Waals surface area contributed by atoms with Gasteiger partial charge in [0.2, 0.25) is 0 Å². The van der Waals surface area contributed by atoms with Gasteiger partial charge in [0.05, 0.1) is 6.61 Å². The topological polar surface area (TPSA) is 88.0 Å². The van der Waals surface area contributed by atoms with Crippen LogP contribution in [-0.4, -0.2) is 29.5 Å². The highest BCUT2D eigenvalue weighted by Crippen LogP contribution is 2.43. The van der Waals surface area contributed by atoms with Crippen LogP contribution in [0.4, 0.5) is 4.79 Å². The Morgan fingerprint density at radius 2 is 1.59 bits per heavy atom. The summed E-state index contributed by atoms with van der Waals surface area (Å²) in [5.41, 5.74) is 2.77. The predicted molar refractivity (Wildman–Crippen MR) is 115 cm³/mol. The van der Waals surface area contributed by atoms with Crippen LogP contribution in [0.3, 0.4) is 0 Å². The summed E-state index contributed by atoms with van der Waals surface area (Å²) < 4.78 is 11.1. The number of carbonyl (C=O) groups excluding carboxylic acids is 1. The third-order valence-electron chi connectivity index (χ3n) is 4.56. The normalized spacial score (nSPS) is 11.1. The van der Waals surface area contributed by atoms with Crippen molar-refractivity contribution in [2.24, 2.45) is 0 Å². The van der Waals surface area contributed by atoms with Gasteiger partial charge in [-0.15, -0.1) is 0 Å². The van der Waals surface area contributed by atoms with Crippen molar-refractivity contribution in [3.8, 4) is 17.2 Å². The molecule has 2 aromatic rings. The first-order chi connectivity index (χ1) is 13.9. The Bertz CT molecular complexity index is 761. The molecule has 0 aliphatic rings. The van der Waals surface area contributed by atoms with Crippen LogP contribution in [0, 0.1) is 20.8 Å². The highest BCUT2D eigenvalue weighted by atomic mass is 16.5. The number of nitrogens with one attached hydrogen (secondary N) is 1. The molecule has 160 valence electrons. The van der Waals surface area contributed by atoms with Gasteiger partial charge in [-0.2, -0.15) is 0 Å². The molecule has 0 spiro atoms. The second-order valence-corrected chi connectivity index (χ2v) is 6.35. The zero-order valence-electron chi connectivity index (χ0n) is 18.2. The smallest absolute Gasteiger partial charge is 0.407 e. The second-order valence-electron chi connectivity index (χ2n) is 6.35. The van der Waals surface area contributed by atoms with E-state index in [1.165, 1.54) is 0 Å². The van der Waals surface area contributed by atoms with Gasteiger partial charge in [0.1, 0.15) is 11.9 Å². The minimum Gasteiger partial charge on any atom is -0.504 e. The summed E-state index contributed by atoms with van der Waals surface area (Å²) in [6.07, 6.45) is -0.286. The number of phenols is 2. The number of aromatic hydroxyl groups is 2. The number of rotatable bonds is 7. The molecular weight excluding hydrogens is 370 g/mol. The van der Waals surface area contributed by atoms with Gasteiger partial charge in [0, 0.05) is 24.1 Å². The van der Waals surface area contributed by atoms with Gasteiger partial charge >= 0.3 is 6.09 Å². The number of ether oxygens (including phenoxy) is 2. The molecule has 0 heterocycles. The Morgan fingerprint density at radius 3 is 2.17 bits per heavy atom. The number of alkyl carbamates (subject to hydrolysis) is 1. The molecule has 1 amide bonds. The molecule has 0 saturated heterocycles. The first-order valence-corrected chi connectivity index (χ1v) is 10.0. The molecule has 0 saturated carbocycles. The molecule has 2 aromatic carbocycles. The Hall–Kier alpha value is -2.89. The van der Waals surface area contributed by atoms with Gasteiger partial charge in [0.15, 0.2) is 11.5 Å². The molecule has 0 aliphatic heterocycles. The number of hydrogen-bond acceptors (Lipinski definition) is 5. The lowest BCUT2D eigenvalue weighted by Gasteiger charge is -2.24.